The predicted molar refractivity (Wildman–Crippen MR) is 139 cm³/mol. The van der Waals surface area contributed by atoms with E-state index in [4.69, 9.17) is 4.99 Å². The molecule has 35 heavy (non-hydrogen) atoms. The summed E-state index contributed by atoms with van der Waals surface area (Å²) in [6.07, 6.45) is 4.47. The van der Waals surface area contributed by atoms with Crippen LogP contribution in [0.4, 0.5) is 4.79 Å². The quantitative estimate of drug-likeness (QED) is 0.614. The molecule has 2 atom stereocenters. The van der Waals surface area contributed by atoms with Crippen LogP contribution in [-0.4, -0.2) is 60.4 Å². The first-order valence-electron chi connectivity index (χ1n) is 12.3. The summed E-state index contributed by atoms with van der Waals surface area (Å²) in [6, 6.07) is 23.2. The number of benzene rings is 2. The van der Waals surface area contributed by atoms with Crippen molar-refractivity contribution in [3.63, 3.8) is 0 Å². The lowest BCUT2D eigenvalue weighted by Crippen LogP contribution is -2.49. The molecule has 2 unspecified atom stereocenters. The van der Waals surface area contributed by atoms with Crippen molar-refractivity contribution in [3.05, 3.63) is 101 Å². The van der Waals surface area contributed by atoms with Crippen molar-refractivity contribution >= 4 is 11.7 Å². The van der Waals surface area contributed by atoms with Gasteiger partial charge < -0.3 is 15.5 Å². The SMILES string of the molecule is O=C(NC1CNCC1c1cccc(-c2ccccc2)c1)N1CCC2=C(C1)C(c1ccncc1)=NC2. The number of aromatic nitrogens is 1. The Morgan fingerprint density at radius 2 is 1.77 bits per heavy atom. The highest BCUT2D eigenvalue weighted by Gasteiger charge is 2.33. The van der Waals surface area contributed by atoms with E-state index in [2.05, 4.69) is 64.1 Å². The van der Waals surface area contributed by atoms with Gasteiger partial charge in [0, 0.05) is 50.1 Å². The summed E-state index contributed by atoms with van der Waals surface area (Å²) in [5.74, 6) is 0.239. The third-order valence-electron chi connectivity index (χ3n) is 7.36. The Morgan fingerprint density at radius 1 is 0.943 bits per heavy atom. The van der Waals surface area contributed by atoms with Crippen LogP contribution in [-0.2, 0) is 0 Å². The van der Waals surface area contributed by atoms with Crippen LogP contribution in [0.1, 0.15) is 23.5 Å². The van der Waals surface area contributed by atoms with Crippen molar-refractivity contribution < 1.29 is 4.79 Å². The van der Waals surface area contributed by atoms with Crippen molar-refractivity contribution in [1.29, 1.82) is 0 Å². The van der Waals surface area contributed by atoms with E-state index in [1.54, 1.807) is 12.4 Å². The van der Waals surface area contributed by atoms with Gasteiger partial charge >= 0.3 is 6.03 Å². The van der Waals surface area contributed by atoms with Gasteiger partial charge in [0.2, 0.25) is 0 Å². The van der Waals surface area contributed by atoms with Gasteiger partial charge in [-0.2, -0.15) is 0 Å². The number of hydrogen-bond donors (Lipinski definition) is 2. The van der Waals surface area contributed by atoms with Gasteiger partial charge in [-0.15, -0.1) is 0 Å². The van der Waals surface area contributed by atoms with Gasteiger partial charge in [-0.1, -0.05) is 54.6 Å². The van der Waals surface area contributed by atoms with Gasteiger partial charge in [-0.05, 0) is 46.4 Å². The van der Waals surface area contributed by atoms with Crippen molar-refractivity contribution in [2.45, 2.75) is 18.4 Å². The van der Waals surface area contributed by atoms with E-state index in [9.17, 15) is 4.79 Å². The topological polar surface area (TPSA) is 69.6 Å². The van der Waals surface area contributed by atoms with Crippen LogP contribution < -0.4 is 10.6 Å². The highest BCUT2D eigenvalue weighted by molar-refractivity contribution is 6.15. The van der Waals surface area contributed by atoms with Crippen molar-refractivity contribution in [1.82, 2.24) is 20.5 Å². The summed E-state index contributed by atoms with van der Waals surface area (Å²) in [7, 11) is 0. The Kier molecular flexibility index (Phi) is 5.88. The molecule has 2 N–H and O–H groups in total. The Labute approximate surface area is 205 Å². The van der Waals surface area contributed by atoms with E-state index in [1.165, 1.54) is 27.8 Å². The zero-order valence-electron chi connectivity index (χ0n) is 19.7. The summed E-state index contributed by atoms with van der Waals surface area (Å²) >= 11 is 0. The molecule has 1 fully saturated rings. The minimum atomic E-state index is 0.00967. The summed E-state index contributed by atoms with van der Waals surface area (Å²) < 4.78 is 0. The van der Waals surface area contributed by atoms with Gasteiger partial charge in [0.05, 0.1) is 18.3 Å². The van der Waals surface area contributed by atoms with Crippen molar-refractivity contribution in [3.8, 4) is 11.1 Å². The fourth-order valence-corrected chi connectivity index (χ4v) is 5.45. The normalized spacial score (nSPS) is 21.6. The molecular weight excluding hydrogens is 434 g/mol. The molecule has 176 valence electrons. The third kappa shape index (κ3) is 4.37. The van der Waals surface area contributed by atoms with Crippen LogP contribution in [0.15, 0.2) is 95.3 Å². The predicted octanol–water partition coefficient (Wildman–Crippen LogP) is 4.02. The second-order valence-corrected chi connectivity index (χ2v) is 9.47. The number of nitrogens with zero attached hydrogens (tertiary/aromatic N) is 3. The van der Waals surface area contributed by atoms with E-state index in [1.807, 2.05) is 23.1 Å². The second-order valence-electron chi connectivity index (χ2n) is 9.47. The molecule has 0 spiro atoms. The fourth-order valence-electron chi connectivity index (χ4n) is 5.45. The standard InChI is InChI=1S/C29H29N5O/c35-29(34-14-11-24-16-32-28(26(24)19-34)21-9-12-30-13-10-21)33-27-18-31-17-25(27)23-8-4-7-22(15-23)20-5-2-1-3-6-20/h1-10,12-13,15,25,27,31H,11,14,16-19H2,(H,33,35). The van der Waals surface area contributed by atoms with Crippen LogP contribution in [0.5, 0.6) is 0 Å². The molecule has 6 heteroatoms. The lowest BCUT2D eigenvalue weighted by Gasteiger charge is -2.31. The molecule has 6 rings (SSSR count). The van der Waals surface area contributed by atoms with Crippen LogP contribution in [0.3, 0.4) is 0 Å². The zero-order valence-corrected chi connectivity index (χ0v) is 19.7. The van der Waals surface area contributed by atoms with E-state index >= 15 is 0 Å². The molecule has 1 aromatic heterocycles. The maximum absolute atomic E-state index is 13.4. The Hall–Kier alpha value is -3.77. The van der Waals surface area contributed by atoms with E-state index in [-0.39, 0.29) is 18.0 Å². The maximum Gasteiger partial charge on any atom is 0.317 e. The Morgan fingerprint density at radius 3 is 2.63 bits per heavy atom. The number of aliphatic imine (C=N–C) groups is 1. The molecule has 0 saturated carbocycles. The lowest BCUT2D eigenvalue weighted by atomic mass is 9.91. The Balaban J connectivity index is 1.15. The molecule has 1 saturated heterocycles. The number of hydrogen-bond acceptors (Lipinski definition) is 4. The van der Waals surface area contributed by atoms with Gasteiger partial charge in [-0.25, -0.2) is 4.79 Å². The molecular formula is C29H29N5O. The molecule has 4 heterocycles. The summed E-state index contributed by atoms with van der Waals surface area (Å²) in [5.41, 5.74) is 8.33. The third-order valence-corrected chi connectivity index (χ3v) is 7.36. The number of carbonyl (C=O) groups is 1. The first-order valence-corrected chi connectivity index (χ1v) is 12.3. The monoisotopic (exact) mass is 463 g/mol. The summed E-state index contributed by atoms with van der Waals surface area (Å²) in [5, 5.41) is 6.83. The lowest BCUT2D eigenvalue weighted by molar-refractivity contribution is 0.196. The number of nitrogens with one attached hydrogen (secondary N) is 2. The fraction of sp³-hybridized carbons (Fsp3) is 0.276. The molecule has 6 nitrogen and oxygen atoms in total. The van der Waals surface area contributed by atoms with Crippen LogP contribution in [0.2, 0.25) is 0 Å². The number of rotatable bonds is 4. The molecule has 2 aromatic carbocycles. The minimum Gasteiger partial charge on any atom is -0.333 e. The molecule has 0 radical (unpaired) electrons. The molecule has 2 amide bonds. The minimum absolute atomic E-state index is 0.00967. The first-order chi connectivity index (χ1) is 17.3. The largest absolute Gasteiger partial charge is 0.333 e. The van der Waals surface area contributed by atoms with E-state index in [0.29, 0.717) is 6.54 Å². The highest BCUT2D eigenvalue weighted by atomic mass is 16.2. The smallest absolute Gasteiger partial charge is 0.317 e. The molecule has 0 bridgehead atoms. The molecule has 0 aliphatic carbocycles. The van der Waals surface area contributed by atoms with Crippen LogP contribution in [0.25, 0.3) is 11.1 Å². The van der Waals surface area contributed by atoms with E-state index in [0.717, 1.165) is 43.9 Å². The molecule has 3 aliphatic rings. The van der Waals surface area contributed by atoms with Gasteiger partial charge in [0.25, 0.3) is 0 Å². The highest BCUT2D eigenvalue weighted by Crippen LogP contribution is 2.30. The number of pyridine rings is 1. The molecule has 3 aromatic rings. The number of carbonyl (C=O) groups excluding carboxylic acids is 1. The first kappa shape index (κ1) is 21.7. The van der Waals surface area contributed by atoms with Crippen LogP contribution in [0, 0.1) is 0 Å². The van der Waals surface area contributed by atoms with Gasteiger partial charge in [0.15, 0.2) is 0 Å². The second kappa shape index (κ2) is 9.47. The van der Waals surface area contributed by atoms with Gasteiger partial charge in [-0.3, -0.25) is 9.98 Å². The average Bonchev–Trinajstić information content (AvgIpc) is 3.56. The average molecular weight is 464 g/mol. The Bertz CT molecular complexity index is 1280. The zero-order chi connectivity index (χ0) is 23.6. The molecule has 3 aliphatic heterocycles. The maximum atomic E-state index is 13.4. The van der Waals surface area contributed by atoms with Crippen molar-refractivity contribution in [2.75, 3.05) is 32.7 Å². The van der Waals surface area contributed by atoms with Crippen molar-refractivity contribution in [2.24, 2.45) is 4.99 Å². The van der Waals surface area contributed by atoms with Gasteiger partial charge in [0.1, 0.15) is 0 Å². The summed E-state index contributed by atoms with van der Waals surface area (Å²) in [6.45, 7) is 3.72. The number of amides is 2. The van der Waals surface area contributed by atoms with Crippen LogP contribution >= 0.6 is 0 Å². The van der Waals surface area contributed by atoms with E-state index < -0.39 is 0 Å². The number of urea groups is 1. The summed E-state index contributed by atoms with van der Waals surface area (Å²) in [4.78, 5) is 24.2.